The van der Waals surface area contributed by atoms with Crippen molar-refractivity contribution >= 4 is 56.2 Å². The number of nitrogens with one attached hydrogen (secondary N) is 1. The number of nitrogens with zero attached hydrogens (tertiary/aromatic N) is 1. The summed E-state index contributed by atoms with van der Waals surface area (Å²) in [6, 6.07) is 7.32. The summed E-state index contributed by atoms with van der Waals surface area (Å²) in [6.45, 7) is 0. The van der Waals surface area contributed by atoms with E-state index in [1.54, 1.807) is 0 Å². The van der Waals surface area contributed by atoms with Crippen LogP contribution in [0.2, 0.25) is 15.1 Å². The lowest BCUT2D eigenvalue weighted by Crippen LogP contribution is -2.14. The number of halogens is 3. The van der Waals surface area contributed by atoms with E-state index in [0.29, 0.717) is 0 Å². The van der Waals surface area contributed by atoms with Crippen molar-refractivity contribution in [3.05, 3.63) is 61.6 Å². The van der Waals surface area contributed by atoms with E-state index in [4.69, 9.17) is 34.8 Å². The van der Waals surface area contributed by atoms with Crippen LogP contribution in [0.25, 0.3) is 0 Å². The van der Waals surface area contributed by atoms with Gasteiger partial charge in [-0.1, -0.05) is 34.8 Å². The molecular weight excluding hydrogens is 375 g/mol. The monoisotopic (exact) mass is 380 g/mol. The van der Waals surface area contributed by atoms with Gasteiger partial charge in [-0.2, -0.15) is 0 Å². The Labute approximate surface area is 140 Å². The average molecular weight is 382 g/mol. The van der Waals surface area contributed by atoms with E-state index in [9.17, 15) is 18.5 Å². The normalized spacial score (nSPS) is 11.2. The van der Waals surface area contributed by atoms with E-state index in [-0.39, 0.29) is 31.3 Å². The van der Waals surface area contributed by atoms with Crippen molar-refractivity contribution in [3.63, 3.8) is 0 Å². The molecule has 10 heteroatoms. The van der Waals surface area contributed by atoms with E-state index in [1.165, 1.54) is 18.2 Å². The van der Waals surface area contributed by atoms with Crippen LogP contribution in [0.15, 0.2) is 41.3 Å². The van der Waals surface area contributed by atoms with Gasteiger partial charge in [-0.05, 0) is 24.3 Å². The fraction of sp³-hybridized carbons (Fsp3) is 0. The van der Waals surface area contributed by atoms with Crippen LogP contribution in [0, 0.1) is 10.1 Å². The molecule has 0 saturated carbocycles. The first-order valence-corrected chi connectivity index (χ1v) is 8.24. The molecule has 0 unspecified atom stereocenters. The number of hydrogen-bond donors (Lipinski definition) is 1. The minimum absolute atomic E-state index is 0.00678. The molecule has 0 bridgehead atoms. The maximum atomic E-state index is 12.3. The highest BCUT2D eigenvalue weighted by atomic mass is 35.5. The second-order valence-electron chi connectivity index (χ2n) is 4.10. The number of non-ortho nitro benzene ring substituents is 1. The van der Waals surface area contributed by atoms with Crippen molar-refractivity contribution < 1.29 is 13.3 Å². The molecule has 116 valence electrons. The Hall–Kier alpha value is -1.54. The lowest BCUT2D eigenvalue weighted by atomic mass is 10.3. The van der Waals surface area contributed by atoms with Crippen LogP contribution in [-0.4, -0.2) is 13.3 Å². The molecule has 2 rings (SSSR count). The van der Waals surface area contributed by atoms with Gasteiger partial charge >= 0.3 is 0 Å². The summed E-state index contributed by atoms with van der Waals surface area (Å²) in [7, 11) is -4.10. The van der Waals surface area contributed by atoms with Crippen LogP contribution in [0.5, 0.6) is 0 Å². The Morgan fingerprint density at radius 2 is 1.64 bits per heavy atom. The third-order valence-corrected chi connectivity index (χ3v) is 5.00. The Balaban J connectivity index is 2.47. The zero-order valence-corrected chi connectivity index (χ0v) is 13.7. The van der Waals surface area contributed by atoms with Crippen molar-refractivity contribution in [2.45, 2.75) is 4.90 Å². The van der Waals surface area contributed by atoms with Gasteiger partial charge in [0.2, 0.25) is 0 Å². The van der Waals surface area contributed by atoms with Crippen molar-refractivity contribution in [1.29, 1.82) is 0 Å². The molecule has 0 aromatic heterocycles. The minimum atomic E-state index is -4.10. The molecule has 0 spiro atoms. The molecule has 0 saturated heterocycles. The van der Waals surface area contributed by atoms with Crippen molar-refractivity contribution in [2.24, 2.45) is 0 Å². The van der Waals surface area contributed by atoms with Crippen LogP contribution in [0.4, 0.5) is 11.4 Å². The number of benzene rings is 2. The molecule has 0 fully saturated rings. The predicted octanol–water partition coefficient (Wildman–Crippen LogP) is 4.36. The van der Waals surface area contributed by atoms with E-state index in [0.717, 1.165) is 18.2 Å². The number of sulfonamides is 1. The number of hydrogen-bond acceptors (Lipinski definition) is 4. The van der Waals surface area contributed by atoms with Gasteiger partial charge in [0.1, 0.15) is 4.90 Å². The fourth-order valence-electron chi connectivity index (χ4n) is 1.59. The number of rotatable bonds is 4. The third-order valence-electron chi connectivity index (χ3n) is 2.59. The zero-order valence-electron chi connectivity index (χ0n) is 10.6. The average Bonchev–Trinajstić information content (AvgIpc) is 2.43. The van der Waals surface area contributed by atoms with Gasteiger partial charge in [0.25, 0.3) is 15.7 Å². The topological polar surface area (TPSA) is 89.3 Å². The molecule has 0 aliphatic carbocycles. The van der Waals surface area contributed by atoms with Gasteiger partial charge in [-0.15, -0.1) is 0 Å². The highest BCUT2D eigenvalue weighted by Crippen LogP contribution is 2.31. The SMILES string of the molecule is O=[N+]([O-])c1ccc(Cl)c(NS(=O)(=O)c2cc(Cl)ccc2Cl)c1. The standard InChI is InChI=1S/C12H7Cl3N2O4S/c13-7-1-3-10(15)12(5-7)22(20,21)16-11-6-8(17(18)19)2-4-9(11)14/h1-6,16H. The maximum Gasteiger partial charge on any atom is 0.271 e. The van der Waals surface area contributed by atoms with Crippen LogP contribution in [-0.2, 0) is 10.0 Å². The molecule has 22 heavy (non-hydrogen) atoms. The molecule has 0 radical (unpaired) electrons. The maximum absolute atomic E-state index is 12.3. The summed E-state index contributed by atoms with van der Waals surface area (Å²) in [6.07, 6.45) is 0. The summed E-state index contributed by atoms with van der Waals surface area (Å²) >= 11 is 17.5. The second-order valence-corrected chi connectivity index (χ2v) is 7.00. The Bertz CT molecular complexity index is 855. The molecule has 1 N–H and O–H groups in total. The minimum Gasteiger partial charge on any atom is -0.278 e. The summed E-state index contributed by atoms with van der Waals surface area (Å²) in [5.74, 6) is 0. The smallest absolute Gasteiger partial charge is 0.271 e. The van der Waals surface area contributed by atoms with Crippen LogP contribution < -0.4 is 4.72 Å². The molecule has 2 aromatic carbocycles. The van der Waals surface area contributed by atoms with Crippen molar-refractivity contribution in [1.82, 2.24) is 0 Å². The first-order chi connectivity index (χ1) is 10.2. The molecule has 0 aliphatic heterocycles. The Kier molecular flexibility index (Phi) is 4.81. The quantitative estimate of drug-likeness (QED) is 0.629. The van der Waals surface area contributed by atoms with Gasteiger partial charge < -0.3 is 0 Å². The molecule has 2 aromatic rings. The van der Waals surface area contributed by atoms with Crippen molar-refractivity contribution in [3.8, 4) is 0 Å². The first-order valence-electron chi connectivity index (χ1n) is 5.62. The van der Waals surface area contributed by atoms with Gasteiger partial charge in [-0.25, -0.2) is 8.42 Å². The molecule has 0 heterocycles. The van der Waals surface area contributed by atoms with Crippen LogP contribution >= 0.6 is 34.8 Å². The molecule has 0 atom stereocenters. The van der Waals surface area contributed by atoms with Gasteiger partial charge in [0.05, 0.1) is 20.7 Å². The summed E-state index contributed by atoms with van der Waals surface area (Å²) in [5, 5.41) is 10.9. The molecule has 0 aliphatic rings. The lowest BCUT2D eigenvalue weighted by Gasteiger charge is -2.11. The summed E-state index contributed by atoms with van der Waals surface area (Å²) in [4.78, 5) is 9.82. The van der Waals surface area contributed by atoms with Gasteiger partial charge in [-0.3, -0.25) is 14.8 Å². The Morgan fingerprint density at radius 3 is 2.27 bits per heavy atom. The van der Waals surface area contributed by atoms with Gasteiger partial charge in [0.15, 0.2) is 0 Å². The predicted molar refractivity (Wildman–Crippen MR) is 85.4 cm³/mol. The largest absolute Gasteiger partial charge is 0.278 e. The number of anilines is 1. The number of nitro groups is 1. The van der Waals surface area contributed by atoms with Crippen LogP contribution in [0.3, 0.4) is 0 Å². The fourth-order valence-corrected chi connectivity index (χ4v) is 3.64. The van der Waals surface area contributed by atoms with Crippen LogP contribution in [0.1, 0.15) is 0 Å². The highest BCUT2D eigenvalue weighted by molar-refractivity contribution is 7.92. The van der Waals surface area contributed by atoms with E-state index < -0.39 is 14.9 Å². The first kappa shape index (κ1) is 16.8. The Morgan fingerprint density at radius 1 is 1.00 bits per heavy atom. The molecule has 0 amide bonds. The lowest BCUT2D eigenvalue weighted by molar-refractivity contribution is -0.384. The zero-order chi connectivity index (χ0) is 16.5. The third kappa shape index (κ3) is 3.61. The second kappa shape index (κ2) is 6.29. The molecule has 6 nitrogen and oxygen atoms in total. The van der Waals surface area contributed by atoms with Gasteiger partial charge in [0, 0.05) is 17.2 Å². The van der Waals surface area contributed by atoms with E-state index in [2.05, 4.69) is 4.72 Å². The summed E-state index contributed by atoms with van der Waals surface area (Å²) in [5.41, 5.74) is -0.439. The van der Waals surface area contributed by atoms with E-state index >= 15 is 0 Å². The molecular formula is C12H7Cl3N2O4S. The van der Waals surface area contributed by atoms with E-state index in [1.807, 2.05) is 0 Å². The van der Waals surface area contributed by atoms with Crippen molar-refractivity contribution in [2.75, 3.05) is 4.72 Å². The summed E-state index contributed by atoms with van der Waals surface area (Å²) < 4.78 is 26.8. The number of nitro benzene ring substituents is 1. The highest BCUT2D eigenvalue weighted by Gasteiger charge is 2.21.